The van der Waals surface area contributed by atoms with Crippen LogP contribution < -0.4 is 5.32 Å². The van der Waals surface area contributed by atoms with Crippen molar-refractivity contribution in [1.82, 2.24) is 10.2 Å². The molecule has 2 saturated carbocycles. The molecule has 110 valence electrons. The number of likely N-dealkylation sites (tertiary alicyclic amines) is 1. The lowest BCUT2D eigenvalue weighted by Crippen LogP contribution is -2.62. The van der Waals surface area contributed by atoms with E-state index in [9.17, 15) is 5.11 Å². The molecule has 0 bridgehead atoms. The summed E-state index contributed by atoms with van der Waals surface area (Å²) in [7, 11) is 0. The average molecular weight is 266 g/mol. The predicted octanol–water partition coefficient (Wildman–Crippen LogP) is 2.14. The van der Waals surface area contributed by atoms with Crippen molar-refractivity contribution >= 4 is 0 Å². The molecule has 3 rings (SSSR count). The van der Waals surface area contributed by atoms with E-state index in [0.717, 1.165) is 6.54 Å². The maximum Gasteiger partial charge on any atom is 0.0628 e. The maximum absolute atomic E-state index is 10.1. The Balaban J connectivity index is 1.71. The second-order valence-electron chi connectivity index (χ2n) is 7.31. The van der Waals surface area contributed by atoms with Gasteiger partial charge in [-0.1, -0.05) is 6.42 Å². The summed E-state index contributed by atoms with van der Waals surface area (Å²) < 4.78 is 0. The van der Waals surface area contributed by atoms with Crippen LogP contribution in [0, 0.1) is 5.92 Å². The first kappa shape index (κ1) is 13.8. The Bertz CT molecular complexity index is 304. The van der Waals surface area contributed by atoms with Crippen LogP contribution in [-0.2, 0) is 0 Å². The number of aliphatic hydroxyl groups is 1. The summed E-state index contributed by atoms with van der Waals surface area (Å²) in [4.78, 5) is 2.66. The fraction of sp³-hybridized carbons (Fsp3) is 1.00. The Labute approximate surface area is 117 Å². The van der Waals surface area contributed by atoms with Crippen LogP contribution in [0.25, 0.3) is 0 Å². The molecule has 0 aromatic carbocycles. The zero-order valence-corrected chi connectivity index (χ0v) is 12.6. The molecule has 0 aromatic rings. The second-order valence-corrected chi connectivity index (χ2v) is 7.31. The summed E-state index contributed by atoms with van der Waals surface area (Å²) in [6, 6.07) is 2.03. The van der Waals surface area contributed by atoms with Crippen molar-refractivity contribution in [3.8, 4) is 0 Å². The van der Waals surface area contributed by atoms with Gasteiger partial charge in [-0.05, 0) is 58.3 Å². The fourth-order valence-electron chi connectivity index (χ4n) is 3.90. The van der Waals surface area contributed by atoms with Crippen LogP contribution in [0.5, 0.6) is 0 Å². The Hall–Kier alpha value is -0.120. The summed E-state index contributed by atoms with van der Waals surface area (Å²) >= 11 is 0. The number of hydrogen-bond donors (Lipinski definition) is 2. The molecule has 3 atom stereocenters. The van der Waals surface area contributed by atoms with Gasteiger partial charge in [-0.3, -0.25) is 4.90 Å². The number of hydrogen-bond acceptors (Lipinski definition) is 3. The molecular weight excluding hydrogens is 236 g/mol. The van der Waals surface area contributed by atoms with Crippen LogP contribution >= 0.6 is 0 Å². The molecular formula is C16H30N2O. The quantitative estimate of drug-likeness (QED) is 0.773. The van der Waals surface area contributed by atoms with E-state index >= 15 is 0 Å². The SMILES string of the molecule is CC1CCCC(C)N1CC(CO)(NC1CC1)C1CC1. The summed E-state index contributed by atoms with van der Waals surface area (Å²) in [5.41, 5.74) is -0.0129. The van der Waals surface area contributed by atoms with Gasteiger partial charge < -0.3 is 10.4 Å². The molecule has 19 heavy (non-hydrogen) atoms. The molecule has 3 fully saturated rings. The standard InChI is InChI=1S/C16H30N2O/c1-12-4-3-5-13(2)18(12)10-16(11-19,14-6-7-14)17-15-8-9-15/h12-15,17,19H,3-11H2,1-2H3. The average Bonchev–Trinajstić information content (AvgIpc) is 3.26. The molecule has 0 amide bonds. The van der Waals surface area contributed by atoms with Gasteiger partial charge in [0.2, 0.25) is 0 Å². The smallest absolute Gasteiger partial charge is 0.0628 e. The van der Waals surface area contributed by atoms with Gasteiger partial charge >= 0.3 is 0 Å². The third kappa shape index (κ3) is 2.98. The summed E-state index contributed by atoms with van der Waals surface area (Å²) in [5.74, 6) is 0.708. The van der Waals surface area contributed by atoms with Crippen LogP contribution in [0.15, 0.2) is 0 Å². The summed E-state index contributed by atoms with van der Waals surface area (Å²) in [6.45, 7) is 6.08. The van der Waals surface area contributed by atoms with Crippen molar-refractivity contribution in [2.24, 2.45) is 5.92 Å². The number of rotatable bonds is 6. The summed E-state index contributed by atoms with van der Waals surface area (Å²) in [5, 5.41) is 13.9. The van der Waals surface area contributed by atoms with E-state index in [1.54, 1.807) is 0 Å². The van der Waals surface area contributed by atoms with Crippen LogP contribution in [0.3, 0.4) is 0 Å². The Morgan fingerprint density at radius 3 is 2.16 bits per heavy atom. The van der Waals surface area contributed by atoms with Crippen molar-refractivity contribution in [3.63, 3.8) is 0 Å². The molecule has 3 aliphatic rings. The fourth-order valence-corrected chi connectivity index (χ4v) is 3.90. The molecule has 2 aliphatic carbocycles. The lowest BCUT2D eigenvalue weighted by atomic mass is 9.89. The van der Waals surface area contributed by atoms with Crippen LogP contribution in [0.1, 0.15) is 58.8 Å². The first-order valence-electron chi connectivity index (χ1n) is 8.29. The first-order valence-corrected chi connectivity index (χ1v) is 8.29. The molecule has 2 N–H and O–H groups in total. The maximum atomic E-state index is 10.1. The zero-order chi connectivity index (χ0) is 13.5. The van der Waals surface area contributed by atoms with Gasteiger partial charge in [0.05, 0.1) is 12.1 Å². The highest BCUT2D eigenvalue weighted by molar-refractivity contribution is 5.07. The molecule has 3 unspecified atom stereocenters. The van der Waals surface area contributed by atoms with Crippen molar-refractivity contribution in [3.05, 3.63) is 0 Å². The molecule has 0 aromatic heterocycles. The van der Waals surface area contributed by atoms with E-state index in [1.165, 1.54) is 44.9 Å². The van der Waals surface area contributed by atoms with E-state index in [0.29, 0.717) is 30.7 Å². The van der Waals surface area contributed by atoms with Gasteiger partial charge in [-0.2, -0.15) is 0 Å². The highest BCUT2D eigenvalue weighted by Crippen LogP contribution is 2.43. The minimum Gasteiger partial charge on any atom is -0.394 e. The van der Waals surface area contributed by atoms with Crippen molar-refractivity contribution in [2.75, 3.05) is 13.2 Å². The van der Waals surface area contributed by atoms with Gasteiger partial charge in [-0.15, -0.1) is 0 Å². The van der Waals surface area contributed by atoms with E-state index in [-0.39, 0.29) is 5.54 Å². The van der Waals surface area contributed by atoms with Crippen LogP contribution in [-0.4, -0.2) is 46.8 Å². The Kier molecular flexibility index (Phi) is 3.89. The molecule has 1 heterocycles. The van der Waals surface area contributed by atoms with E-state index in [2.05, 4.69) is 24.1 Å². The van der Waals surface area contributed by atoms with Gasteiger partial charge in [-0.25, -0.2) is 0 Å². The topological polar surface area (TPSA) is 35.5 Å². The van der Waals surface area contributed by atoms with E-state index < -0.39 is 0 Å². The lowest BCUT2D eigenvalue weighted by molar-refractivity contribution is 0.0302. The molecule has 0 radical (unpaired) electrons. The Morgan fingerprint density at radius 1 is 1.05 bits per heavy atom. The molecule has 3 heteroatoms. The van der Waals surface area contributed by atoms with Gasteiger partial charge in [0.1, 0.15) is 0 Å². The number of aliphatic hydroxyl groups excluding tert-OH is 1. The minimum atomic E-state index is -0.0129. The third-order valence-corrected chi connectivity index (χ3v) is 5.55. The van der Waals surface area contributed by atoms with E-state index in [4.69, 9.17) is 0 Å². The van der Waals surface area contributed by atoms with Crippen molar-refractivity contribution in [1.29, 1.82) is 0 Å². The Morgan fingerprint density at radius 2 is 1.68 bits per heavy atom. The monoisotopic (exact) mass is 266 g/mol. The lowest BCUT2D eigenvalue weighted by Gasteiger charge is -2.46. The second kappa shape index (κ2) is 5.34. The summed E-state index contributed by atoms with van der Waals surface area (Å²) in [6.07, 6.45) is 9.22. The van der Waals surface area contributed by atoms with Crippen molar-refractivity contribution in [2.45, 2.75) is 82.5 Å². The normalized spacial score (nSPS) is 36.2. The third-order valence-electron chi connectivity index (χ3n) is 5.55. The largest absolute Gasteiger partial charge is 0.394 e. The minimum absolute atomic E-state index is 0.0129. The van der Waals surface area contributed by atoms with Gasteiger partial charge in [0, 0.05) is 24.7 Å². The first-order chi connectivity index (χ1) is 9.14. The molecule has 3 nitrogen and oxygen atoms in total. The number of nitrogens with zero attached hydrogens (tertiary/aromatic N) is 1. The molecule has 1 saturated heterocycles. The van der Waals surface area contributed by atoms with Gasteiger partial charge in [0.15, 0.2) is 0 Å². The van der Waals surface area contributed by atoms with E-state index in [1.807, 2.05) is 0 Å². The zero-order valence-electron chi connectivity index (χ0n) is 12.6. The highest BCUT2D eigenvalue weighted by Gasteiger charge is 2.49. The highest BCUT2D eigenvalue weighted by atomic mass is 16.3. The number of piperidine rings is 1. The van der Waals surface area contributed by atoms with Crippen LogP contribution in [0.4, 0.5) is 0 Å². The van der Waals surface area contributed by atoms with Crippen molar-refractivity contribution < 1.29 is 5.11 Å². The van der Waals surface area contributed by atoms with Gasteiger partial charge in [0.25, 0.3) is 0 Å². The van der Waals surface area contributed by atoms with Crippen LogP contribution in [0.2, 0.25) is 0 Å². The molecule has 1 aliphatic heterocycles. The number of nitrogens with one attached hydrogen (secondary N) is 1. The molecule has 0 spiro atoms. The predicted molar refractivity (Wildman–Crippen MR) is 78.2 cm³/mol.